The predicted molar refractivity (Wildman–Crippen MR) is 56.8 cm³/mol. The molecule has 0 radical (unpaired) electrons. The minimum absolute atomic E-state index is 0.387. The summed E-state index contributed by atoms with van der Waals surface area (Å²) < 4.78 is 0. The molecule has 1 N–H and O–H groups in total. The molecule has 0 spiro atoms. The average Bonchev–Trinajstić information content (AvgIpc) is 2.17. The second-order valence-corrected chi connectivity index (χ2v) is 2.93. The summed E-state index contributed by atoms with van der Waals surface area (Å²) in [6, 6.07) is 8.14. The zero-order chi connectivity index (χ0) is 9.52. The van der Waals surface area contributed by atoms with E-state index in [1.54, 1.807) is 0 Å². The Bertz CT molecular complexity index is 305. The highest BCUT2D eigenvalue weighted by atomic mass is 35.5. The van der Waals surface area contributed by atoms with Gasteiger partial charge in [0, 0.05) is 12.1 Å². The Kier molecular flexibility index (Phi) is 4.39. The molecule has 0 unspecified atom stereocenters. The van der Waals surface area contributed by atoms with Crippen molar-refractivity contribution in [3.8, 4) is 11.8 Å². The minimum atomic E-state index is 0.387. The molecule has 1 aromatic rings. The van der Waals surface area contributed by atoms with Gasteiger partial charge in [0.2, 0.25) is 0 Å². The van der Waals surface area contributed by atoms with Crippen LogP contribution in [0.15, 0.2) is 24.3 Å². The van der Waals surface area contributed by atoms with Crippen LogP contribution in [0.4, 0.5) is 0 Å². The Labute approximate surface area is 84.1 Å². The summed E-state index contributed by atoms with van der Waals surface area (Å²) in [4.78, 5) is 0. The minimum Gasteiger partial charge on any atom is -0.316 e. The van der Waals surface area contributed by atoms with E-state index in [0.717, 1.165) is 12.1 Å². The Hall–Kier alpha value is -0.970. The van der Waals surface area contributed by atoms with Crippen molar-refractivity contribution < 1.29 is 0 Å². The summed E-state index contributed by atoms with van der Waals surface area (Å²) in [7, 11) is 1.93. The first-order valence-corrected chi connectivity index (χ1v) is 4.68. The Morgan fingerprint density at radius 3 is 2.54 bits per heavy atom. The lowest BCUT2D eigenvalue weighted by Crippen LogP contribution is -2.04. The van der Waals surface area contributed by atoms with Crippen molar-refractivity contribution in [1.29, 1.82) is 0 Å². The number of hydrogen-bond donors (Lipinski definition) is 1. The highest BCUT2D eigenvalue weighted by molar-refractivity contribution is 6.19. The first kappa shape index (κ1) is 10.1. The monoisotopic (exact) mass is 193 g/mol. The van der Waals surface area contributed by atoms with Crippen molar-refractivity contribution in [1.82, 2.24) is 5.32 Å². The van der Waals surface area contributed by atoms with Crippen LogP contribution >= 0.6 is 11.6 Å². The van der Waals surface area contributed by atoms with Gasteiger partial charge in [-0.1, -0.05) is 24.0 Å². The summed E-state index contributed by atoms with van der Waals surface area (Å²) in [6.07, 6.45) is 0. The molecule has 0 aliphatic rings. The molecule has 68 valence electrons. The standard InChI is InChI=1S/C11H12ClN/c1-13-9-11-6-4-10(5-7-11)3-2-8-12/h4-7,13H,8-9H2,1H3. The smallest absolute Gasteiger partial charge is 0.0839 e. The van der Waals surface area contributed by atoms with Gasteiger partial charge in [0.25, 0.3) is 0 Å². The van der Waals surface area contributed by atoms with Crippen molar-refractivity contribution in [3.63, 3.8) is 0 Å². The highest BCUT2D eigenvalue weighted by Gasteiger charge is 1.89. The first-order valence-electron chi connectivity index (χ1n) is 4.15. The fourth-order valence-corrected chi connectivity index (χ4v) is 1.11. The molecule has 0 heterocycles. The molecule has 2 heteroatoms. The molecule has 1 aromatic carbocycles. The molecule has 0 fully saturated rings. The molecule has 0 saturated carbocycles. The fourth-order valence-electron chi connectivity index (χ4n) is 1.05. The van der Waals surface area contributed by atoms with Gasteiger partial charge in [-0.3, -0.25) is 0 Å². The average molecular weight is 194 g/mol. The second-order valence-electron chi connectivity index (χ2n) is 2.66. The van der Waals surface area contributed by atoms with Gasteiger partial charge < -0.3 is 5.32 Å². The van der Waals surface area contributed by atoms with Crippen molar-refractivity contribution in [2.45, 2.75) is 6.54 Å². The van der Waals surface area contributed by atoms with Gasteiger partial charge in [-0.15, -0.1) is 11.6 Å². The molecule has 1 nitrogen and oxygen atoms in total. The van der Waals surface area contributed by atoms with Crippen LogP contribution in [0.25, 0.3) is 0 Å². The van der Waals surface area contributed by atoms with Gasteiger partial charge >= 0.3 is 0 Å². The van der Waals surface area contributed by atoms with Crippen molar-refractivity contribution in [2.75, 3.05) is 12.9 Å². The largest absolute Gasteiger partial charge is 0.316 e. The Morgan fingerprint density at radius 1 is 1.31 bits per heavy atom. The molecule has 0 saturated heterocycles. The van der Waals surface area contributed by atoms with E-state index >= 15 is 0 Å². The van der Waals surface area contributed by atoms with E-state index in [1.807, 2.05) is 19.2 Å². The lowest BCUT2D eigenvalue weighted by atomic mass is 10.1. The van der Waals surface area contributed by atoms with Crippen molar-refractivity contribution in [3.05, 3.63) is 35.4 Å². The van der Waals surface area contributed by atoms with Crippen LogP contribution in [-0.4, -0.2) is 12.9 Å². The maximum absolute atomic E-state index is 5.45. The van der Waals surface area contributed by atoms with Gasteiger partial charge in [0.1, 0.15) is 0 Å². The predicted octanol–water partition coefficient (Wildman–Crippen LogP) is 2.00. The summed E-state index contributed by atoms with van der Waals surface area (Å²) in [6.45, 7) is 0.892. The van der Waals surface area contributed by atoms with Gasteiger partial charge in [0.15, 0.2) is 0 Å². The quantitative estimate of drug-likeness (QED) is 0.560. The van der Waals surface area contributed by atoms with Crippen LogP contribution in [0.3, 0.4) is 0 Å². The van der Waals surface area contributed by atoms with E-state index in [4.69, 9.17) is 11.6 Å². The van der Waals surface area contributed by atoms with E-state index in [9.17, 15) is 0 Å². The van der Waals surface area contributed by atoms with Gasteiger partial charge in [0.05, 0.1) is 5.88 Å². The number of rotatable bonds is 2. The summed E-state index contributed by atoms with van der Waals surface area (Å²) in [5.74, 6) is 6.16. The van der Waals surface area contributed by atoms with Crippen LogP contribution in [0, 0.1) is 11.8 Å². The number of halogens is 1. The number of benzene rings is 1. The van der Waals surface area contributed by atoms with E-state index in [0.29, 0.717) is 5.88 Å². The van der Waals surface area contributed by atoms with Crippen LogP contribution in [0.5, 0.6) is 0 Å². The van der Waals surface area contributed by atoms with Crippen molar-refractivity contribution >= 4 is 11.6 Å². The van der Waals surface area contributed by atoms with Crippen LogP contribution < -0.4 is 5.32 Å². The van der Waals surface area contributed by atoms with E-state index < -0.39 is 0 Å². The second kappa shape index (κ2) is 5.64. The molecule has 0 aromatic heterocycles. The lowest BCUT2D eigenvalue weighted by molar-refractivity contribution is 0.818. The lowest BCUT2D eigenvalue weighted by Gasteiger charge is -1.98. The maximum Gasteiger partial charge on any atom is 0.0839 e. The van der Waals surface area contributed by atoms with Crippen LogP contribution in [-0.2, 0) is 6.54 Å². The van der Waals surface area contributed by atoms with E-state index in [1.165, 1.54) is 5.56 Å². The van der Waals surface area contributed by atoms with Crippen LogP contribution in [0.2, 0.25) is 0 Å². The molecule has 0 aliphatic carbocycles. The number of hydrogen-bond acceptors (Lipinski definition) is 1. The number of alkyl halides is 1. The maximum atomic E-state index is 5.45. The third-order valence-electron chi connectivity index (χ3n) is 1.63. The van der Waals surface area contributed by atoms with Gasteiger partial charge in [-0.05, 0) is 24.7 Å². The third-order valence-corrected chi connectivity index (χ3v) is 1.77. The fraction of sp³-hybridized carbons (Fsp3) is 0.273. The summed E-state index contributed by atoms with van der Waals surface area (Å²) in [5, 5.41) is 3.09. The molecule has 0 amide bonds. The van der Waals surface area contributed by atoms with E-state index in [-0.39, 0.29) is 0 Å². The van der Waals surface area contributed by atoms with Gasteiger partial charge in [-0.2, -0.15) is 0 Å². The van der Waals surface area contributed by atoms with Crippen molar-refractivity contribution in [2.24, 2.45) is 0 Å². The zero-order valence-corrected chi connectivity index (χ0v) is 8.36. The summed E-state index contributed by atoms with van der Waals surface area (Å²) in [5.41, 5.74) is 2.28. The molecule has 0 bridgehead atoms. The molecule has 13 heavy (non-hydrogen) atoms. The highest BCUT2D eigenvalue weighted by Crippen LogP contribution is 2.02. The molecule has 0 aliphatic heterocycles. The normalized spacial score (nSPS) is 9.08. The molecule has 1 rings (SSSR count). The SMILES string of the molecule is CNCc1ccc(C#CCCl)cc1. The first-order chi connectivity index (χ1) is 6.36. The summed E-state index contributed by atoms with van der Waals surface area (Å²) >= 11 is 5.45. The number of nitrogens with one attached hydrogen (secondary N) is 1. The Morgan fingerprint density at radius 2 is 2.00 bits per heavy atom. The zero-order valence-electron chi connectivity index (χ0n) is 7.60. The van der Waals surface area contributed by atoms with Crippen LogP contribution in [0.1, 0.15) is 11.1 Å². The van der Waals surface area contributed by atoms with E-state index in [2.05, 4.69) is 29.3 Å². The van der Waals surface area contributed by atoms with Gasteiger partial charge in [-0.25, -0.2) is 0 Å². The molecular weight excluding hydrogens is 182 g/mol. The third kappa shape index (κ3) is 3.50. The topological polar surface area (TPSA) is 12.0 Å². The Balaban J connectivity index is 2.69. The molecular formula is C11H12ClN. The molecule has 0 atom stereocenters.